The van der Waals surface area contributed by atoms with Crippen molar-refractivity contribution in [1.82, 2.24) is 14.5 Å². The largest absolute Gasteiger partial charge is 0.311 e. The molecule has 0 bridgehead atoms. The fourth-order valence-corrected chi connectivity index (χ4v) is 2.52. The van der Waals surface area contributed by atoms with Gasteiger partial charge < -0.3 is 4.57 Å². The predicted molar refractivity (Wildman–Crippen MR) is 62.1 cm³/mol. The summed E-state index contributed by atoms with van der Waals surface area (Å²) in [6.07, 6.45) is 1.87. The van der Waals surface area contributed by atoms with Gasteiger partial charge in [-0.2, -0.15) is 0 Å². The summed E-state index contributed by atoms with van der Waals surface area (Å²) in [5, 5.41) is 0.833. The van der Waals surface area contributed by atoms with Gasteiger partial charge in [-0.15, -0.1) is 0 Å². The molecule has 0 radical (unpaired) electrons. The van der Waals surface area contributed by atoms with Crippen LogP contribution in [0.15, 0.2) is 10.9 Å². The first-order chi connectivity index (χ1) is 7.66. The van der Waals surface area contributed by atoms with Crippen LogP contribution in [0.1, 0.15) is 12.1 Å². The van der Waals surface area contributed by atoms with Crippen molar-refractivity contribution in [2.75, 3.05) is 0 Å². The molecule has 0 fully saturated rings. The summed E-state index contributed by atoms with van der Waals surface area (Å²) in [6, 6.07) is 1.88. The molecule has 3 rings (SSSR count). The van der Waals surface area contributed by atoms with Gasteiger partial charge in [0.1, 0.15) is 10.7 Å². The number of pyridine rings is 1. The normalized spacial score (nSPS) is 14.4. The lowest BCUT2D eigenvalue weighted by atomic mass is 10.2. The highest BCUT2D eigenvalue weighted by atomic mass is 35.5. The molecule has 0 amide bonds. The van der Waals surface area contributed by atoms with E-state index in [4.69, 9.17) is 23.2 Å². The third-order valence-electron chi connectivity index (χ3n) is 2.79. The minimum atomic E-state index is -0.129. The van der Waals surface area contributed by atoms with Gasteiger partial charge in [-0.1, -0.05) is 11.6 Å². The molecular weight excluding hydrogens is 249 g/mol. The number of fused-ring (bicyclic) bond motifs is 2. The van der Waals surface area contributed by atoms with Gasteiger partial charge in [-0.05, 0) is 30.5 Å². The third kappa shape index (κ3) is 1.33. The molecule has 82 valence electrons. The van der Waals surface area contributed by atoms with Crippen molar-refractivity contribution < 1.29 is 0 Å². The van der Waals surface area contributed by atoms with Gasteiger partial charge in [0, 0.05) is 17.6 Å². The van der Waals surface area contributed by atoms with Crippen molar-refractivity contribution in [1.29, 1.82) is 0 Å². The Morgan fingerprint density at radius 3 is 2.94 bits per heavy atom. The molecule has 16 heavy (non-hydrogen) atoms. The summed E-state index contributed by atoms with van der Waals surface area (Å²) < 4.78 is 1.72. The molecule has 3 heterocycles. The van der Waals surface area contributed by atoms with E-state index in [1.54, 1.807) is 4.57 Å². The molecule has 2 aromatic heterocycles. The minimum absolute atomic E-state index is 0.00754. The standard InChI is InChI=1S/C10H7Cl2N3O/c11-8-6-4-5-2-1-3-15(5)9(16)7(6)13-10(12)14-8/h4H,1-3H2. The van der Waals surface area contributed by atoms with E-state index < -0.39 is 0 Å². The van der Waals surface area contributed by atoms with Crippen molar-refractivity contribution in [3.05, 3.63) is 32.6 Å². The molecule has 0 saturated carbocycles. The van der Waals surface area contributed by atoms with Crippen molar-refractivity contribution in [2.24, 2.45) is 0 Å². The van der Waals surface area contributed by atoms with E-state index in [0.29, 0.717) is 10.9 Å². The van der Waals surface area contributed by atoms with Crippen molar-refractivity contribution >= 4 is 34.1 Å². The van der Waals surface area contributed by atoms with Crippen molar-refractivity contribution in [2.45, 2.75) is 19.4 Å². The van der Waals surface area contributed by atoms with Gasteiger partial charge in [-0.25, -0.2) is 9.97 Å². The predicted octanol–water partition coefficient (Wildman–Crippen LogP) is 2.04. The Morgan fingerprint density at radius 1 is 1.31 bits per heavy atom. The fraction of sp³-hybridized carbons (Fsp3) is 0.300. The first-order valence-corrected chi connectivity index (χ1v) is 5.68. The first kappa shape index (κ1) is 10.1. The van der Waals surface area contributed by atoms with Gasteiger partial charge in [0.2, 0.25) is 5.28 Å². The van der Waals surface area contributed by atoms with Crippen LogP contribution in [0.25, 0.3) is 10.9 Å². The Morgan fingerprint density at radius 2 is 2.12 bits per heavy atom. The highest BCUT2D eigenvalue weighted by molar-refractivity contribution is 6.35. The van der Waals surface area contributed by atoms with Gasteiger partial charge in [0.25, 0.3) is 5.56 Å². The van der Waals surface area contributed by atoms with Crippen molar-refractivity contribution in [3.63, 3.8) is 0 Å². The molecule has 0 saturated heterocycles. The number of halogens is 2. The first-order valence-electron chi connectivity index (χ1n) is 4.92. The van der Waals surface area contributed by atoms with Crippen molar-refractivity contribution in [3.8, 4) is 0 Å². The molecule has 0 unspecified atom stereocenters. The maximum Gasteiger partial charge on any atom is 0.277 e. The molecule has 1 aliphatic heterocycles. The van der Waals surface area contributed by atoms with Crippen LogP contribution in [-0.4, -0.2) is 14.5 Å². The second-order valence-corrected chi connectivity index (χ2v) is 4.44. The fourth-order valence-electron chi connectivity index (χ4n) is 2.08. The number of hydrogen-bond donors (Lipinski definition) is 0. The van der Waals surface area contributed by atoms with Gasteiger partial charge in [0.05, 0.1) is 0 Å². The Hall–Kier alpha value is -1.13. The molecular formula is C10H7Cl2N3O. The number of aryl methyl sites for hydroxylation is 1. The lowest BCUT2D eigenvalue weighted by Gasteiger charge is -2.05. The van der Waals surface area contributed by atoms with Gasteiger partial charge >= 0.3 is 0 Å². The van der Waals surface area contributed by atoms with E-state index in [2.05, 4.69) is 9.97 Å². The van der Waals surface area contributed by atoms with Gasteiger partial charge in [0.15, 0.2) is 0 Å². The zero-order valence-corrected chi connectivity index (χ0v) is 9.72. The zero-order valence-electron chi connectivity index (χ0n) is 8.20. The summed E-state index contributed by atoms with van der Waals surface area (Å²) in [4.78, 5) is 19.9. The quantitative estimate of drug-likeness (QED) is 0.535. The Labute approximate surface area is 101 Å². The smallest absolute Gasteiger partial charge is 0.277 e. The van der Waals surface area contributed by atoms with Crippen LogP contribution >= 0.6 is 23.2 Å². The molecule has 4 nitrogen and oxygen atoms in total. The number of rotatable bonds is 0. The highest BCUT2D eigenvalue weighted by Crippen LogP contribution is 2.23. The van der Waals surface area contributed by atoms with E-state index in [0.717, 1.165) is 25.1 Å². The van der Waals surface area contributed by atoms with Crippen LogP contribution in [0.3, 0.4) is 0 Å². The van der Waals surface area contributed by atoms with Crippen LogP contribution in [0.4, 0.5) is 0 Å². The van der Waals surface area contributed by atoms with Gasteiger partial charge in [-0.3, -0.25) is 4.79 Å². The lowest BCUT2D eigenvalue weighted by Crippen LogP contribution is -2.20. The molecule has 0 N–H and O–H groups in total. The minimum Gasteiger partial charge on any atom is -0.311 e. The number of nitrogens with zero attached hydrogens (tertiary/aromatic N) is 3. The van der Waals surface area contributed by atoms with Crippen LogP contribution in [0, 0.1) is 0 Å². The molecule has 6 heteroatoms. The maximum absolute atomic E-state index is 12.1. The summed E-state index contributed by atoms with van der Waals surface area (Å²) in [5.41, 5.74) is 1.16. The average molecular weight is 256 g/mol. The van der Waals surface area contributed by atoms with Crippen LogP contribution in [0.5, 0.6) is 0 Å². The molecule has 0 atom stereocenters. The second-order valence-electron chi connectivity index (χ2n) is 3.74. The summed E-state index contributed by atoms with van der Waals surface area (Å²) in [6.45, 7) is 0.739. The van der Waals surface area contributed by atoms with E-state index in [1.165, 1.54) is 0 Å². The number of hydrogen-bond acceptors (Lipinski definition) is 3. The molecule has 2 aromatic rings. The Kier molecular flexibility index (Phi) is 2.16. The molecule has 0 spiro atoms. The zero-order chi connectivity index (χ0) is 11.3. The maximum atomic E-state index is 12.1. The summed E-state index contributed by atoms with van der Waals surface area (Å²) in [5.74, 6) is 0. The van der Waals surface area contributed by atoms with E-state index in [-0.39, 0.29) is 16.0 Å². The lowest BCUT2D eigenvalue weighted by molar-refractivity contribution is 0.725. The highest BCUT2D eigenvalue weighted by Gasteiger charge is 2.17. The van der Waals surface area contributed by atoms with E-state index in [9.17, 15) is 4.79 Å². The van der Waals surface area contributed by atoms with Crippen LogP contribution in [-0.2, 0) is 13.0 Å². The molecule has 0 aliphatic carbocycles. The number of aromatic nitrogens is 3. The topological polar surface area (TPSA) is 47.8 Å². The summed E-state index contributed by atoms with van der Waals surface area (Å²) >= 11 is 11.6. The Bertz CT molecular complexity index is 651. The molecule has 1 aliphatic rings. The van der Waals surface area contributed by atoms with Crippen LogP contribution in [0.2, 0.25) is 10.4 Å². The second kappa shape index (κ2) is 3.43. The van der Waals surface area contributed by atoms with E-state index in [1.807, 2.05) is 6.07 Å². The van der Waals surface area contributed by atoms with Crippen LogP contribution < -0.4 is 5.56 Å². The average Bonchev–Trinajstić information content (AvgIpc) is 2.68. The molecule has 0 aromatic carbocycles. The SMILES string of the molecule is O=c1c2nc(Cl)nc(Cl)c2cc2n1CCC2. The van der Waals surface area contributed by atoms with E-state index >= 15 is 0 Å². The Balaban J connectivity index is 2.51. The summed E-state index contributed by atoms with van der Waals surface area (Å²) in [7, 11) is 0. The monoisotopic (exact) mass is 255 g/mol. The third-order valence-corrected chi connectivity index (χ3v) is 3.25.